The minimum atomic E-state index is 0.0493. The molecule has 0 radical (unpaired) electrons. The molecule has 1 aromatic heterocycles. The number of hydrogen-bond acceptors (Lipinski definition) is 5. The first kappa shape index (κ1) is 13.3. The van der Waals surface area contributed by atoms with Crippen LogP contribution in [0.4, 0.5) is 0 Å². The number of hydrogen-bond donors (Lipinski definition) is 2. The van der Waals surface area contributed by atoms with Crippen LogP contribution in [0, 0.1) is 13.8 Å². The van der Waals surface area contributed by atoms with Gasteiger partial charge in [-0.05, 0) is 33.2 Å². The molecule has 1 aliphatic rings. The standard InChI is InChI=1S/C12H20N4OS/c1-8-9(2)18-11(14-8)7-16-6-4-3-5-10(16)12(13)15-17/h10,17H,3-7H2,1-2H3,(H2,13,15). The van der Waals surface area contributed by atoms with Crippen LogP contribution < -0.4 is 5.73 Å². The van der Waals surface area contributed by atoms with Gasteiger partial charge in [0.15, 0.2) is 5.84 Å². The fraction of sp³-hybridized carbons (Fsp3) is 0.667. The number of thiazole rings is 1. The lowest BCUT2D eigenvalue weighted by Crippen LogP contribution is -2.47. The number of rotatable bonds is 3. The maximum absolute atomic E-state index is 8.84. The molecule has 1 unspecified atom stereocenters. The lowest BCUT2D eigenvalue weighted by atomic mass is 10.0. The molecule has 6 heteroatoms. The molecule has 1 aromatic rings. The van der Waals surface area contributed by atoms with Crippen LogP contribution in [-0.2, 0) is 6.54 Å². The predicted octanol–water partition coefficient (Wildman–Crippen LogP) is 1.86. The van der Waals surface area contributed by atoms with E-state index in [2.05, 4.69) is 22.0 Å². The molecule has 1 fully saturated rings. The summed E-state index contributed by atoms with van der Waals surface area (Å²) in [5.74, 6) is 0.319. The Morgan fingerprint density at radius 2 is 2.33 bits per heavy atom. The Morgan fingerprint density at radius 3 is 2.94 bits per heavy atom. The number of oxime groups is 1. The fourth-order valence-electron chi connectivity index (χ4n) is 2.36. The van der Waals surface area contributed by atoms with Crippen LogP contribution >= 0.6 is 11.3 Å². The van der Waals surface area contributed by atoms with Crippen molar-refractivity contribution in [2.45, 2.75) is 45.7 Å². The normalized spacial score (nSPS) is 22.3. The largest absolute Gasteiger partial charge is 0.409 e. The van der Waals surface area contributed by atoms with E-state index in [0.29, 0.717) is 5.84 Å². The van der Waals surface area contributed by atoms with Crippen molar-refractivity contribution in [1.29, 1.82) is 0 Å². The van der Waals surface area contributed by atoms with Crippen LogP contribution in [0.25, 0.3) is 0 Å². The third-order valence-corrected chi connectivity index (χ3v) is 4.54. The molecule has 0 spiro atoms. The average Bonchev–Trinajstić information content (AvgIpc) is 2.68. The highest BCUT2D eigenvalue weighted by atomic mass is 32.1. The van der Waals surface area contributed by atoms with E-state index in [4.69, 9.17) is 10.9 Å². The number of nitrogens with two attached hydrogens (primary N) is 1. The van der Waals surface area contributed by atoms with Gasteiger partial charge < -0.3 is 10.9 Å². The van der Waals surface area contributed by atoms with Gasteiger partial charge in [-0.3, -0.25) is 4.90 Å². The number of amidine groups is 1. The van der Waals surface area contributed by atoms with Gasteiger partial charge in [0.1, 0.15) is 5.01 Å². The van der Waals surface area contributed by atoms with Gasteiger partial charge in [0.25, 0.3) is 0 Å². The molecule has 3 N–H and O–H groups in total. The van der Waals surface area contributed by atoms with Crippen molar-refractivity contribution in [1.82, 2.24) is 9.88 Å². The Balaban J connectivity index is 2.10. The van der Waals surface area contributed by atoms with Crippen LogP contribution in [0.5, 0.6) is 0 Å². The van der Waals surface area contributed by atoms with Crippen LogP contribution in [-0.4, -0.2) is 33.5 Å². The Hall–Kier alpha value is -1.14. The zero-order valence-corrected chi connectivity index (χ0v) is 11.7. The Morgan fingerprint density at radius 1 is 1.56 bits per heavy atom. The van der Waals surface area contributed by atoms with E-state index in [1.54, 1.807) is 11.3 Å². The molecule has 2 rings (SSSR count). The summed E-state index contributed by atoms with van der Waals surface area (Å²) in [4.78, 5) is 8.08. The van der Waals surface area contributed by atoms with Crippen LogP contribution in [0.1, 0.15) is 34.8 Å². The minimum absolute atomic E-state index is 0.0493. The van der Waals surface area contributed by atoms with Crippen molar-refractivity contribution in [3.05, 3.63) is 15.6 Å². The third kappa shape index (κ3) is 2.81. The summed E-state index contributed by atoms with van der Waals surface area (Å²) in [5.41, 5.74) is 6.87. The number of aryl methyl sites for hydroxylation is 2. The van der Waals surface area contributed by atoms with Crippen molar-refractivity contribution in [2.24, 2.45) is 10.9 Å². The van der Waals surface area contributed by atoms with Gasteiger partial charge >= 0.3 is 0 Å². The summed E-state index contributed by atoms with van der Waals surface area (Å²) in [6, 6.07) is 0.0493. The molecule has 0 bridgehead atoms. The van der Waals surface area contributed by atoms with E-state index in [1.807, 2.05) is 6.92 Å². The van der Waals surface area contributed by atoms with Crippen molar-refractivity contribution >= 4 is 17.2 Å². The van der Waals surface area contributed by atoms with E-state index < -0.39 is 0 Å². The highest BCUT2D eigenvalue weighted by Crippen LogP contribution is 2.23. The summed E-state index contributed by atoms with van der Waals surface area (Å²) >= 11 is 1.73. The number of likely N-dealkylation sites (tertiary alicyclic amines) is 1. The fourth-order valence-corrected chi connectivity index (χ4v) is 3.32. The molecule has 1 saturated heterocycles. The molecule has 0 amide bonds. The Kier molecular flexibility index (Phi) is 4.19. The lowest BCUT2D eigenvalue weighted by molar-refractivity contribution is 0.178. The summed E-state index contributed by atoms with van der Waals surface area (Å²) in [6.07, 6.45) is 3.26. The van der Waals surface area contributed by atoms with E-state index in [1.165, 1.54) is 11.3 Å². The monoisotopic (exact) mass is 268 g/mol. The SMILES string of the molecule is Cc1nc(CN2CCCCC2C(N)=NO)sc1C. The molecule has 2 heterocycles. The third-order valence-electron chi connectivity index (χ3n) is 3.48. The maximum Gasteiger partial charge on any atom is 0.156 e. The van der Waals surface area contributed by atoms with Crippen molar-refractivity contribution in [3.8, 4) is 0 Å². The van der Waals surface area contributed by atoms with Crippen LogP contribution in [0.15, 0.2) is 5.16 Å². The molecular formula is C12H20N4OS. The molecule has 100 valence electrons. The van der Waals surface area contributed by atoms with Gasteiger partial charge in [-0.15, -0.1) is 11.3 Å². The molecule has 0 aliphatic carbocycles. The minimum Gasteiger partial charge on any atom is -0.409 e. The first-order valence-electron chi connectivity index (χ1n) is 6.26. The zero-order valence-electron chi connectivity index (χ0n) is 10.9. The van der Waals surface area contributed by atoms with E-state index in [9.17, 15) is 0 Å². The number of nitrogens with zero attached hydrogens (tertiary/aromatic N) is 3. The molecule has 0 aromatic carbocycles. The second kappa shape index (κ2) is 5.67. The summed E-state index contributed by atoms with van der Waals surface area (Å²) < 4.78 is 0. The molecular weight excluding hydrogens is 248 g/mol. The summed E-state index contributed by atoms with van der Waals surface area (Å²) in [7, 11) is 0. The summed E-state index contributed by atoms with van der Waals surface area (Å²) in [6.45, 7) is 5.90. The van der Waals surface area contributed by atoms with Gasteiger partial charge in [-0.2, -0.15) is 0 Å². The second-order valence-corrected chi connectivity index (χ2v) is 6.04. The van der Waals surface area contributed by atoms with Crippen molar-refractivity contribution < 1.29 is 5.21 Å². The number of piperidine rings is 1. The van der Waals surface area contributed by atoms with E-state index >= 15 is 0 Å². The van der Waals surface area contributed by atoms with Gasteiger partial charge in [0.2, 0.25) is 0 Å². The van der Waals surface area contributed by atoms with Gasteiger partial charge in [-0.1, -0.05) is 11.6 Å². The quantitative estimate of drug-likeness (QED) is 0.380. The van der Waals surface area contributed by atoms with E-state index in [0.717, 1.165) is 36.6 Å². The molecule has 18 heavy (non-hydrogen) atoms. The van der Waals surface area contributed by atoms with Gasteiger partial charge in [-0.25, -0.2) is 4.98 Å². The summed E-state index contributed by atoms with van der Waals surface area (Å²) in [5, 5.41) is 13.1. The highest BCUT2D eigenvalue weighted by molar-refractivity contribution is 7.11. The first-order valence-corrected chi connectivity index (χ1v) is 7.08. The molecule has 0 saturated carbocycles. The van der Waals surface area contributed by atoms with Crippen LogP contribution in [0.2, 0.25) is 0 Å². The molecule has 1 atom stereocenters. The van der Waals surface area contributed by atoms with Crippen LogP contribution in [0.3, 0.4) is 0 Å². The van der Waals surface area contributed by atoms with Crippen molar-refractivity contribution in [2.75, 3.05) is 6.54 Å². The highest BCUT2D eigenvalue weighted by Gasteiger charge is 2.26. The number of aromatic nitrogens is 1. The lowest BCUT2D eigenvalue weighted by Gasteiger charge is -2.33. The van der Waals surface area contributed by atoms with Gasteiger partial charge in [0, 0.05) is 4.88 Å². The first-order chi connectivity index (χ1) is 8.61. The average molecular weight is 268 g/mol. The topological polar surface area (TPSA) is 74.7 Å². The second-order valence-electron chi connectivity index (χ2n) is 4.76. The smallest absolute Gasteiger partial charge is 0.156 e. The maximum atomic E-state index is 8.84. The molecule has 5 nitrogen and oxygen atoms in total. The van der Waals surface area contributed by atoms with E-state index in [-0.39, 0.29) is 6.04 Å². The molecule has 1 aliphatic heterocycles. The Labute approximate surface area is 111 Å². The Bertz CT molecular complexity index is 424. The van der Waals surface area contributed by atoms with Gasteiger partial charge in [0.05, 0.1) is 18.3 Å². The predicted molar refractivity (Wildman–Crippen MR) is 73.0 cm³/mol. The van der Waals surface area contributed by atoms with Crippen molar-refractivity contribution in [3.63, 3.8) is 0 Å². The zero-order chi connectivity index (χ0) is 13.1.